The molecule has 0 radical (unpaired) electrons. The molecule has 0 saturated carbocycles. The number of hydrogen-bond acceptors (Lipinski definition) is 3. The van der Waals surface area contributed by atoms with Crippen molar-refractivity contribution in [1.82, 2.24) is 4.98 Å². The third-order valence-electron chi connectivity index (χ3n) is 2.55. The number of oxime groups is 1. The number of aromatic nitrogens is 1. The molecule has 18 heavy (non-hydrogen) atoms. The Kier molecular flexibility index (Phi) is 11.6. The predicted octanol–water partition coefficient (Wildman–Crippen LogP) is 4.21. The van der Waals surface area contributed by atoms with Gasteiger partial charge >= 0.3 is 0 Å². The Morgan fingerprint density at radius 3 is 2.72 bits per heavy atom. The Morgan fingerprint density at radius 2 is 2.00 bits per heavy atom. The first-order valence-electron chi connectivity index (χ1n) is 6.49. The van der Waals surface area contributed by atoms with Gasteiger partial charge in [-0.25, -0.2) is 0 Å². The highest BCUT2D eigenvalue weighted by molar-refractivity contribution is 5.85. The Morgan fingerprint density at radius 1 is 1.22 bits per heavy atom. The average molecular weight is 271 g/mol. The minimum absolute atomic E-state index is 0. The Labute approximate surface area is 116 Å². The van der Waals surface area contributed by atoms with Gasteiger partial charge in [-0.15, -0.1) is 12.4 Å². The van der Waals surface area contributed by atoms with Crippen molar-refractivity contribution in [3.8, 4) is 0 Å². The summed E-state index contributed by atoms with van der Waals surface area (Å²) in [5.74, 6) is 0. The summed E-state index contributed by atoms with van der Waals surface area (Å²) >= 11 is 0. The molecule has 1 aromatic rings. The molecule has 3 nitrogen and oxygen atoms in total. The van der Waals surface area contributed by atoms with Crippen LogP contribution in [0, 0.1) is 0 Å². The fourth-order valence-electron chi connectivity index (χ4n) is 1.55. The van der Waals surface area contributed by atoms with E-state index in [2.05, 4.69) is 17.1 Å². The average Bonchev–Trinajstić information content (AvgIpc) is 2.38. The van der Waals surface area contributed by atoms with E-state index in [1.54, 1.807) is 18.6 Å². The van der Waals surface area contributed by atoms with Gasteiger partial charge in [-0.05, 0) is 18.9 Å². The molecule has 0 atom stereocenters. The molecule has 0 bridgehead atoms. The molecule has 0 aromatic carbocycles. The van der Waals surface area contributed by atoms with Crippen LogP contribution in [0.1, 0.15) is 51.0 Å². The number of rotatable bonds is 9. The molecule has 0 saturated heterocycles. The van der Waals surface area contributed by atoms with E-state index in [1.807, 2.05) is 12.1 Å². The lowest BCUT2D eigenvalue weighted by molar-refractivity contribution is 0.141. The van der Waals surface area contributed by atoms with Crippen molar-refractivity contribution in [3.05, 3.63) is 30.1 Å². The van der Waals surface area contributed by atoms with E-state index in [-0.39, 0.29) is 12.4 Å². The SMILES string of the molecule is CCCCCCCCO/N=C/c1cccnc1.Cl. The maximum Gasteiger partial charge on any atom is 0.117 e. The van der Waals surface area contributed by atoms with Crippen LogP contribution in [-0.2, 0) is 4.84 Å². The van der Waals surface area contributed by atoms with Crippen LogP contribution in [0.25, 0.3) is 0 Å². The fourth-order valence-corrected chi connectivity index (χ4v) is 1.55. The van der Waals surface area contributed by atoms with Gasteiger partial charge in [-0.2, -0.15) is 0 Å². The van der Waals surface area contributed by atoms with E-state index in [0.717, 1.165) is 12.0 Å². The van der Waals surface area contributed by atoms with Gasteiger partial charge in [0.1, 0.15) is 6.61 Å². The highest BCUT2D eigenvalue weighted by atomic mass is 35.5. The van der Waals surface area contributed by atoms with Crippen LogP contribution in [0.3, 0.4) is 0 Å². The first-order chi connectivity index (χ1) is 8.43. The Bertz CT molecular complexity index is 304. The molecule has 0 aliphatic carbocycles. The fraction of sp³-hybridized carbons (Fsp3) is 0.571. The van der Waals surface area contributed by atoms with Crippen molar-refractivity contribution >= 4 is 18.6 Å². The van der Waals surface area contributed by atoms with Crippen LogP contribution in [0.5, 0.6) is 0 Å². The molecule has 1 rings (SSSR count). The first-order valence-corrected chi connectivity index (χ1v) is 6.49. The minimum atomic E-state index is 0. The number of hydrogen-bond donors (Lipinski definition) is 0. The zero-order chi connectivity index (χ0) is 12.2. The van der Waals surface area contributed by atoms with Crippen LogP contribution in [0.15, 0.2) is 29.7 Å². The number of nitrogens with zero attached hydrogens (tertiary/aromatic N) is 2. The van der Waals surface area contributed by atoms with E-state index in [1.165, 1.54) is 32.1 Å². The minimum Gasteiger partial charge on any atom is -0.396 e. The van der Waals surface area contributed by atoms with Gasteiger partial charge in [0.15, 0.2) is 0 Å². The van der Waals surface area contributed by atoms with Crippen molar-refractivity contribution in [1.29, 1.82) is 0 Å². The first kappa shape index (κ1) is 16.9. The lowest BCUT2D eigenvalue weighted by atomic mass is 10.1. The van der Waals surface area contributed by atoms with Crippen molar-refractivity contribution in [2.75, 3.05) is 6.61 Å². The van der Waals surface area contributed by atoms with E-state index < -0.39 is 0 Å². The molecule has 0 unspecified atom stereocenters. The van der Waals surface area contributed by atoms with Crippen LogP contribution >= 0.6 is 12.4 Å². The van der Waals surface area contributed by atoms with Gasteiger partial charge in [-0.1, -0.05) is 43.8 Å². The van der Waals surface area contributed by atoms with Gasteiger partial charge in [0.25, 0.3) is 0 Å². The normalized spacial score (nSPS) is 10.3. The zero-order valence-corrected chi connectivity index (χ0v) is 11.9. The van der Waals surface area contributed by atoms with Crippen molar-refractivity contribution < 1.29 is 4.84 Å². The molecule has 0 amide bonds. The van der Waals surface area contributed by atoms with Gasteiger partial charge in [0.05, 0.1) is 6.21 Å². The van der Waals surface area contributed by atoms with E-state index in [4.69, 9.17) is 4.84 Å². The number of halogens is 1. The quantitative estimate of drug-likeness (QED) is 0.383. The van der Waals surface area contributed by atoms with Crippen LogP contribution in [0.2, 0.25) is 0 Å². The standard InChI is InChI=1S/C14H22N2O.ClH/c1-2-3-4-5-6-7-11-17-16-13-14-9-8-10-15-12-14;/h8-10,12-13H,2-7,11H2,1H3;1H/b16-13+;. The van der Waals surface area contributed by atoms with Crippen LogP contribution in [-0.4, -0.2) is 17.8 Å². The summed E-state index contributed by atoms with van der Waals surface area (Å²) in [6.07, 6.45) is 12.8. The smallest absolute Gasteiger partial charge is 0.117 e. The molecular formula is C14H23ClN2O. The topological polar surface area (TPSA) is 34.5 Å². The lowest BCUT2D eigenvalue weighted by Crippen LogP contribution is -1.90. The lowest BCUT2D eigenvalue weighted by Gasteiger charge is -1.99. The molecule has 1 aromatic heterocycles. The summed E-state index contributed by atoms with van der Waals surface area (Å²) in [6, 6.07) is 3.83. The van der Waals surface area contributed by atoms with E-state index >= 15 is 0 Å². The molecule has 102 valence electrons. The number of unbranched alkanes of at least 4 members (excludes halogenated alkanes) is 5. The summed E-state index contributed by atoms with van der Waals surface area (Å²) in [4.78, 5) is 9.18. The summed E-state index contributed by atoms with van der Waals surface area (Å²) in [6.45, 7) is 2.94. The van der Waals surface area contributed by atoms with Crippen molar-refractivity contribution in [2.24, 2.45) is 5.16 Å². The summed E-state index contributed by atoms with van der Waals surface area (Å²) in [5.41, 5.74) is 0.968. The number of pyridine rings is 1. The second-order valence-electron chi connectivity index (χ2n) is 4.12. The van der Waals surface area contributed by atoms with Gasteiger partial charge in [-0.3, -0.25) is 4.98 Å². The molecule has 0 spiro atoms. The van der Waals surface area contributed by atoms with Gasteiger partial charge in [0.2, 0.25) is 0 Å². The highest BCUT2D eigenvalue weighted by Gasteiger charge is 1.90. The van der Waals surface area contributed by atoms with Gasteiger partial charge in [0, 0.05) is 18.0 Å². The maximum atomic E-state index is 5.19. The third-order valence-corrected chi connectivity index (χ3v) is 2.55. The zero-order valence-electron chi connectivity index (χ0n) is 11.0. The third kappa shape index (κ3) is 8.99. The largest absolute Gasteiger partial charge is 0.396 e. The predicted molar refractivity (Wildman–Crippen MR) is 78.4 cm³/mol. The summed E-state index contributed by atoms with van der Waals surface area (Å²) < 4.78 is 0. The summed E-state index contributed by atoms with van der Waals surface area (Å²) in [5, 5.41) is 3.91. The van der Waals surface area contributed by atoms with E-state index in [9.17, 15) is 0 Å². The Balaban J connectivity index is 0.00000289. The monoisotopic (exact) mass is 270 g/mol. The molecule has 1 heterocycles. The second-order valence-corrected chi connectivity index (χ2v) is 4.12. The van der Waals surface area contributed by atoms with Crippen LogP contribution in [0.4, 0.5) is 0 Å². The molecule has 0 aliphatic rings. The Hall–Kier alpha value is -1.09. The van der Waals surface area contributed by atoms with Gasteiger partial charge < -0.3 is 4.84 Å². The van der Waals surface area contributed by atoms with Crippen LogP contribution < -0.4 is 0 Å². The highest BCUT2D eigenvalue weighted by Crippen LogP contribution is 2.04. The molecule has 0 N–H and O–H groups in total. The molecule has 0 aliphatic heterocycles. The maximum absolute atomic E-state index is 5.19. The molecule has 0 fully saturated rings. The molecule has 4 heteroatoms. The summed E-state index contributed by atoms with van der Waals surface area (Å²) in [7, 11) is 0. The van der Waals surface area contributed by atoms with Crippen molar-refractivity contribution in [3.63, 3.8) is 0 Å². The second kappa shape index (κ2) is 12.4. The molecular weight excluding hydrogens is 248 g/mol. The van der Waals surface area contributed by atoms with Crippen molar-refractivity contribution in [2.45, 2.75) is 45.4 Å². The van der Waals surface area contributed by atoms with E-state index in [0.29, 0.717) is 6.61 Å².